The van der Waals surface area contributed by atoms with Crippen molar-refractivity contribution in [3.63, 3.8) is 0 Å². The highest BCUT2D eigenvalue weighted by Crippen LogP contribution is 2.32. The molecule has 4 aliphatic heterocycles. The maximum atomic E-state index is 12.6. The molecular formula is C93H98N8O8S4. The van der Waals surface area contributed by atoms with Crippen LogP contribution < -0.4 is 0 Å². The smallest absolute Gasteiger partial charge is 0.232 e. The highest BCUT2D eigenvalue weighted by molar-refractivity contribution is 7.99. The van der Waals surface area contributed by atoms with Crippen molar-refractivity contribution in [3.05, 3.63) is 307 Å². The van der Waals surface area contributed by atoms with Gasteiger partial charge in [0.25, 0.3) is 0 Å². The van der Waals surface area contributed by atoms with Gasteiger partial charge < -0.3 is 37.3 Å². The molecule has 8 heterocycles. The molecule has 0 radical (unpaired) electrons. The van der Waals surface area contributed by atoms with Gasteiger partial charge in [-0.15, -0.1) is 47.0 Å². The van der Waals surface area contributed by atoms with Crippen LogP contribution in [0.25, 0.3) is 45.8 Å². The Kier molecular flexibility index (Phi) is 28.0. The van der Waals surface area contributed by atoms with Gasteiger partial charge in [0, 0.05) is 97.6 Å². The van der Waals surface area contributed by atoms with E-state index in [1.807, 2.05) is 108 Å². The summed E-state index contributed by atoms with van der Waals surface area (Å²) in [5, 5.41) is 0. The van der Waals surface area contributed by atoms with Crippen LogP contribution in [0.4, 0.5) is 0 Å². The van der Waals surface area contributed by atoms with Crippen molar-refractivity contribution in [3.8, 4) is 45.8 Å². The van der Waals surface area contributed by atoms with Crippen molar-refractivity contribution in [2.45, 2.75) is 137 Å². The van der Waals surface area contributed by atoms with E-state index < -0.39 is 0 Å². The van der Waals surface area contributed by atoms with Gasteiger partial charge in [-0.05, 0) is 179 Å². The highest BCUT2D eigenvalue weighted by atomic mass is 32.2. The summed E-state index contributed by atoms with van der Waals surface area (Å²) in [6.45, 7) is 22.2. The predicted octanol–water partition coefficient (Wildman–Crippen LogP) is 19.4. The molecular weight excluding hydrogens is 1490 g/mol. The average Bonchev–Trinajstić information content (AvgIpc) is 1.83. The van der Waals surface area contributed by atoms with E-state index in [0.717, 1.165) is 153 Å². The van der Waals surface area contributed by atoms with Crippen molar-refractivity contribution < 1.29 is 36.8 Å². The first-order valence-corrected chi connectivity index (χ1v) is 43.4. The lowest BCUT2D eigenvalue weighted by atomic mass is 10.00. The first-order valence-electron chi connectivity index (χ1n) is 38.8. The normalized spacial score (nSPS) is 13.4. The second-order valence-electron chi connectivity index (χ2n) is 29.0. The van der Waals surface area contributed by atoms with Gasteiger partial charge in [-0.2, -0.15) is 0 Å². The zero-order chi connectivity index (χ0) is 78.7. The molecule has 113 heavy (non-hydrogen) atoms. The molecule has 8 aromatic carbocycles. The molecule has 0 unspecified atom stereocenters. The number of carbonyl (C=O) groups excluding carboxylic acids is 4. The predicted molar refractivity (Wildman–Crippen MR) is 457 cm³/mol. The molecule has 0 saturated heterocycles. The van der Waals surface area contributed by atoms with Crippen LogP contribution in [0.1, 0.15) is 120 Å². The van der Waals surface area contributed by atoms with Gasteiger partial charge in [0.15, 0.2) is 0 Å². The Morgan fingerprint density at radius 3 is 0.735 bits per heavy atom. The number of rotatable bonds is 21. The standard InChI is InChI=1S/C24H26N2O2S.3C23H24N2O2S/c1-3-18-8-10-20(11-9-18)24-25-22(17(2)28-24)15-29-16-23(27)26-13-12-19-6-4-5-7-21(19)14-26;3*1-16-7-9-19(10-8-16)23-24-21(17(2)27-23)14-28-15-22(26)25-12-11-18-5-3-4-6-20(18)13-25/h4-11H,3,12-16H2,1-2H3;3*3-10H,11-15H2,1-2H3. The summed E-state index contributed by atoms with van der Waals surface area (Å²) in [5.41, 5.74) is 23.0. The van der Waals surface area contributed by atoms with Crippen LogP contribution in [0.2, 0.25) is 0 Å². The van der Waals surface area contributed by atoms with Crippen LogP contribution in [0, 0.1) is 48.5 Å². The van der Waals surface area contributed by atoms with E-state index in [0.29, 0.717) is 69.6 Å². The molecule has 12 aromatic rings. The number of hydrogen-bond donors (Lipinski definition) is 0. The minimum absolute atomic E-state index is 0.194. The van der Waals surface area contributed by atoms with Crippen LogP contribution in [-0.2, 0) is 100 Å². The van der Waals surface area contributed by atoms with Gasteiger partial charge in [-0.1, -0.05) is 169 Å². The second-order valence-corrected chi connectivity index (χ2v) is 33.0. The molecule has 0 saturated carbocycles. The van der Waals surface area contributed by atoms with Gasteiger partial charge in [-0.3, -0.25) is 19.2 Å². The molecule has 582 valence electrons. The van der Waals surface area contributed by atoms with Crippen LogP contribution in [-0.4, -0.2) is 112 Å². The van der Waals surface area contributed by atoms with Gasteiger partial charge in [-0.25, -0.2) is 19.9 Å². The number of thioether (sulfide) groups is 4. The number of hydrogen-bond acceptors (Lipinski definition) is 16. The van der Waals surface area contributed by atoms with Crippen LogP contribution in [0.3, 0.4) is 0 Å². The molecule has 16 nitrogen and oxygen atoms in total. The summed E-state index contributed by atoms with van der Waals surface area (Å²) in [6.07, 6.45) is 4.78. The SMILES string of the molecule is CCc1ccc(-c2nc(CSCC(=O)N3CCc4ccccc4C3)c(C)o2)cc1.Cc1ccc(-c2nc(CSCC(=O)N3CCc4ccccc4C3)c(C)o2)cc1.Cc1ccc(-c2nc(CSCC(=O)N3CCc4ccccc4C3)c(C)o2)cc1.Cc1ccc(-c2nc(CSCC(=O)N3CCc4ccccc4C3)c(C)o2)cc1. The topological polar surface area (TPSA) is 185 Å². The number of aryl methyl sites for hydroxylation is 8. The largest absolute Gasteiger partial charge is 0.441 e. The summed E-state index contributed by atoms with van der Waals surface area (Å²) < 4.78 is 23.4. The van der Waals surface area contributed by atoms with Gasteiger partial charge in [0.05, 0.1) is 45.8 Å². The lowest BCUT2D eigenvalue weighted by Crippen LogP contribution is -2.37. The fourth-order valence-corrected chi connectivity index (χ4v) is 17.5. The Morgan fingerprint density at radius 1 is 0.301 bits per heavy atom. The quantitative estimate of drug-likeness (QED) is 0.0661. The van der Waals surface area contributed by atoms with Gasteiger partial charge in [0.2, 0.25) is 47.2 Å². The number of amides is 4. The average molecular weight is 1580 g/mol. The lowest BCUT2D eigenvalue weighted by molar-refractivity contribution is -0.130. The van der Waals surface area contributed by atoms with Crippen LogP contribution >= 0.6 is 47.0 Å². The third kappa shape index (κ3) is 21.8. The Labute approximate surface area is 680 Å². The molecule has 0 bridgehead atoms. The van der Waals surface area contributed by atoms with E-state index in [1.165, 1.54) is 66.8 Å². The number of carbonyl (C=O) groups is 4. The number of fused-ring (bicyclic) bond motifs is 4. The number of aromatic nitrogens is 4. The van der Waals surface area contributed by atoms with Crippen molar-refractivity contribution in [1.82, 2.24) is 39.5 Å². The Hall–Kier alpha value is -10.1. The van der Waals surface area contributed by atoms with E-state index in [9.17, 15) is 19.2 Å². The van der Waals surface area contributed by atoms with Gasteiger partial charge >= 0.3 is 0 Å². The number of oxazole rings is 4. The zero-order valence-corrected chi connectivity index (χ0v) is 69.1. The number of nitrogens with zero attached hydrogens (tertiary/aromatic N) is 8. The fourth-order valence-electron chi connectivity index (χ4n) is 13.9. The summed E-state index contributed by atoms with van der Waals surface area (Å²) in [7, 11) is 0. The van der Waals surface area contributed by atoms with E-state index in [1.54, 1.807) is 47.0 Å². The molecule has 0 N–H and O–H groups in total. The van der Waals surface area contributed by atoms with E-state index in [2.05, 4.69) is 181 Å². The molecule has 4 aromatic heterocycles. The maximum Gasteiger partial charge on any atom is 0.232 e. The minimum Gasteiger partial charge on any atom is -0.441 e. The first kappa shape index (κ1) is 80.9. The van der Waals surface area contributed by atoms with Gasteiger partial charge in [0.1, 0.15) is 23.0 Å². The van der Waals surface area contributed by atoms with Crippen LogP contribution in [0.15, 0.2) is 212 Å². The van der Waals surface area contributed by atoms with E-state index in [-0.39, 0.29) is 23.6 Å². The minimum atomic E-state index is 0.194. The maximum absolute atomic E-state index is 12.6. The number of benzene rings is 8. The Bertz CT molecular complexity index is 4840. The molecule has 0 atom stereocenters. The monoisotopic (exact) mass is 1580 g/mol. The van der Waals surface area contributed by atoms with E-state index in [4.69, 9.17) is 17.7 Å². The zero-order valence-electron chi connectivity index (χ0n) is 65.8. The summed E-state index contributed by atoms with van der Waals surface area (Å²) >= 11 is 6.41. The van der Waals surface area contributed by atoms with E-state index >= 15 is 0 Å². The highest BCUT2D eigenvalue weighted by Gasteiger charge is 2.26. The summed E-state index contributed by atoms with van der Waals surface area (Å²) in [5.74, 6) is 11.2. The second kappa shape index (κ2) is 39.1. The molecule has 16 rings (SSSR count). The fraction of sp³-hybridized carbons (Fsp3) is 0.312. The molecule has 20 heteroatoms. The summed E-state index contributed by atoms with van der Waals surface area (Å²) in [4.78, 5) is 76.9. The third-order valence-electron chi connectivity index (χ3n) is 20.9. The van der Waals surface area contributed by atoms with Crippen molar-refractivity contribution in [2.75, 3.05) is 49.2 Å². The molecule has 0 aliphatic carbocycles. The van der Waals surface area contributed by atoms with Crippen molar-refractivity contribution in [1.29, 1.82) is 0 Å². The Morgan fingerprint density at radius 2 is 0.513 bits per heavy atom. The molecule has 4 aliphatic rings. The summed E-state index contributed by atoms with van der Waals surface area (Å²) in [6, 6.07) is 66.3. The first-order chi connectivity index (χ1) is 54.9. The molecule has 4 amide bonds. The lowest BCUT2D eigenvalue weighted by Gasteiger charge is -2.28. The molecule has 0 spiro atoms. The Balaban J connectivity index is 0.000000132. The van der Waals surface area contributed by atoms with Crippen molar-refractivity contribution >= 4 is 70.7 Å². The molecule has 0 fully saturated rings. The van der Waals surface area contributed by atoms with Crippen molar-refractivity contribution in [2.24, 2.45) is 0 Å². The third-order valence-corrected chi connectivity index (χ3v) is 24.6. The van der Waals surface area contributed by atoms with Crippen LogP contribution in [0.5, 0.6) is 0 Å².